The van der Waals surface area contributed by atoms with E-state index in [1.54, 1.807) is 12.1 Å². The molecule has 1 aromatic heterocycles. The van der Waals surface area contributed by atoms with Gasteiger partial charge in [0.25, 0.3) is 0 Å². The standard InChI is InChI=1S/C16H13BrFNO/c1-9-12(3-2-4-13(9)17)16(19)15-8-10-7-11(18)5-6-14(10)20-15/h2-8,16H,19H2,1H3. The molecule has 0 saturated heterocycles. The van der Waals surface area contributed by atoms with E-state index in [2.05, 4.69) is 15.9 Å². The van der Waals surface area contributed by atoms with Gasteiger partial charge in [0.2, 0.25) is 0 Å². The Morgan fingerprint density at radius 3 is 2.80 bits per heavy atom. The van der Waals surface area contributed by atoms with Gasteiger partial charge in [0.05, 0.1) is 6.04 Å². The largest absolute Gasteiger partial charge is 0.459 e. The van der Waals surface area contributed by atoms with Gasteiger partial charge in [0, 0.05) is 9.86 Å². The lowest BCUT2D eigenvalue weighted by Crippen LogP contribution is -2.12. The molecule has 1 atom stereocenters. The second kappa shape index (κ2) is 5.04. The highest BCUT2D eigenvalue weighted by atomic mass is 79.9. The van der Waals surface area contributed by atoms with E-state index in [1.165, 1.54) is 12.1 Å². The fraction of sp³-hybridized carbons (Fsp3) is 0.125. The normalized spacial score (nSPS) is 12.8. The van der Waals surface area contributed by atoms with Crippen molar-refractivity contribution in [1.82, 2.24) is 0 Å². The average Bonchev–Trinajstić information content (AvgIpc) is 2.84. The lowest BCUT2D eigenvalue weighted by molar-refractivity contribution is 0.523. The Morgan fingerprint density at radius 1 is 1.20 bits per heavy atom. The second-order valence-electron chi connectivity index (χ2n) is 4.76. The minimum atomic E-state index is -0.372. The number of hydrogen-bond acceptors (Lipinski definition) is 2. The number of hydrogen-bond donors (Lipinski definition) is 1. The molecule has 1 unspecified atom stereocenters. The van der Waals surface area contributed by atoms with Crippen LogP contribution in [0, 0.1) is 12.7 Å². The van der Waals surface area contributed by atoms with Crippen LogP contribution in [0.3, 0.4) is 0 Å². The van der Waals surface area contributed by atoms with Crippen LogP contribution in [-0.2, 0) is 0 Å². The van der Waals surface area contributed by atoms with Gasteiger partial charge in [-0.15, -0.1) is 0 Å². The van der Waals surface area contributed by atoms with Crippen molar-refractivity contribution >= 4 is 26.9 Å². The van der Waals surface area contributed by atoms with Crippen LogP contribution in [0.2, 0.25) is 0 Å². The molecule has 3 aromatic rings. The summed E-state index contributed by atoms with van der Waals surface area (Å²) in [5.41, 5.74) is 8.98. The highest BCUT2D eigenvalue weighted by Crippen LogP contribution is 2.30. The molecule has 0 aliphatic heterocycles. The van der Waals surface area contributed by atoms with Gasteiger partial charge in [-0.05, 0) is 48.4 Å². The van der Waals surface area contributed by atoms with Gasteiger partial charge in [0.1, 0.15) is 17.2 Å². The molecule has 0 saturated carbocycles. The van der Waals surface area contributed by atoms with E-state index in [1.807, 2.05) is 25.1 Å². The van der Waals surface area contributed by atoms with E-state index in [9.17, 15) is 4.39 Å². The summed E-state index contributed by atoms with van der Waals surface area (Å²) in [5.74, 6) is 0.351. The predicted molar refractivity (Wildman–Crippen MR) is 81.1 cm³/mol. The number of benzene rings is 2. The van der Waals surface area contributed by atoms with E-state index in [-0.39, 0.29) is 11.9 Å². The Labute approximate surface area is 124 Å². The summed E-state index contributed by atoms with van der Waals surface area (Å²) in [7, 11) is 0. The van der Waals surface area contributed by atoms with Crippen molar-refractivity contribution < 1.29 is 8.81 Å². The summed E-state index contributed by atoms with van der Waals surface area (Å²) in [5, 5.41) is 0.725. The van der Waals surface area contributed by atoms with Crippen LogP contribution >= 0.6 is 15.9 Å². The van der Waals surface area contributed by atoms with Gasteiger partial charge in [0.15, 0.2) is 0 Å². The molecule has 2 aromatic carbocycles. The third-order valence-electron chi connectivity index (χ3n) is 3.45. The molecule has 2 N–H and O–H groups in total. The molecular formula is C16H13BrFNO. The van der Waals surface area contributed by atoms with Crippen molar-refractivity contribution in [3.63, 3.8) is 0 Å². The first-order valence-corrected chi connectivity index (χ1v) is 7.05. The third kappa shape index (κ3) is 2.25. The molecule has 0 radical (unpaired) electrons. The zero-order chi connectivity index (χ0) is 14.3. The molecule has 4 heteroatoms. The topological polar surface area (TPSA) is 39.2 Å². The van der Waals surface area contributed by atoms with Gasteiger partial charge >= 0.3 is 0 Å². The minimum Gasteiger partial charge on any atom is -0.459 e. The Morgan fingerprint density at radius 2 is 2.00 bits per heavy atom. The molecule has 3 rings (SSSR count). The van der Waals surface area contributed by atoms with Crippen molar-refractivity contribution in [3.8, 4) is 0 Å². The molecule has 0 bridgehead atoms. The molecular weight excluding hydrogens is 321 g/mol. The summed E-state index contributed by atoms with van der Waals surface area (Å²) < 4.78 is 19.9. The van der Waals surface area contributed by atoms with Crippen molar-refractivity contribution in [1.29, 1.82) is 0 Å². The maximum absolute atomic E-state index is 13.2. The van der Waals surface area contributed by atoms with Crippen LogP contribution in [-0.4, -0.2) is 0 Å². The number of rotatable bonds is 2. The van der Waals surface area contributed by atoms with E-state index in [0.717, 1.165) is 21.0 Å². The number of halogens is 2. The second-order valence-corrected chi connectivity index (χ2v) is 5.62. The summed E-state index contributed by atoms with van der Waals surface area (Å²) in [4.78, 5) is 0. The smallest absolute Gasteiger partial charge is 0.134 e. The van der Waals surface area contributed by atoms with Crippen LogP contribution in [0.4, 0.5) is 4.39 Å². The van der Waals surface area contributed by atoms with Crippen LogP contribution in [0.25, 0.3) is 11.0 Å². The molecule has 0 spiro atoms. The van der Waals surface area contributed by atoms with Crippen molar-refractivity contribution in [2.24, 2.45) is 5.73 Å². The lowest BCUT2D eigenvalue weighted by atomic mass is 10.00. The molecule has 20 heavy (non-hydrogen) atoms. The van der Waals surface area contributed by atoms with E-state index in [0.29, 0.717) is 11.3 Å². The molecule has 0 amide bonds. The fourth-order valence-corrected chi connectivity index (χ4v) is 2.68. The molecule has 2 nitrogen and oxygen atoms in total. The highest BCUT2D eigenvalue weighted by Gasteiger charge is 2.17. The van der Waals surface area contributed by atoms with Crippen LogP contribution < -0.4 is 5.73 Å². The molecule has 0 aliphatic carbocycles. The fourth-order valence-electron chi connectivity index (χ4n) is 2.30. The molecule has 102 valence electrons. The number of nitrogens with two attached hydrogens (primary N) is 1. The first-order chi connectivity index (χ1) is 9.56. The Kier molecular flexibility index (Phi) is 3.36. The SMILES string of the molecule is Cc1c(Br)cccc1C(N)c1cc2cc(F)ccc2o1. The van der Waals surface area contributed by atoms with Gasteiger partial charge in [-0.1, -0.05) is 28.1 Å². The zero-order valence-corrected chi connectivity index (χ0v) is 12.4. The van der Waals surface area contributed by atoms with Crippen molar-refractivity contribution in [2.45, 2.75) is 13.0 Å². The van der Waals surface area contributed by atoms with Gasteiger partial charge in [-0.2, -0.15) is 0 Å². The average molecular weight is 334 g/mol. The van der Waals surface area contributed by atoms with Crippen LogP contribution in [0.1, 0.15) is 22.9 Å². The summed E-state index contributed by atoms with van der Waals surface area (Å²) in [6.45, 7) is 2.00. The van der Waals surface area contributed by atoms with E-state index >= 15 is 0 Å². The predicted octanol–water partition coefficient (Wildman–Crippen LogP) is 4.69. The quantitative estimate of drug-likeness (QED) is 0.738. The lowest BCUT2D eigenvalue weighted by Gasteiger charge is -2.13. The Hall–Kier alpha value is -1.65. The Balaban J connectivity index is 2.08. The van der Waals surface area contributed by atoms with Crippen LogP contribution in [0.15, 0.2) is 51.4 Å². The first-order valence-electron chi connectivity index (χ1n) is 6.26. The number of furan rings is 1. The third-order valence-corrected chi connectivity index (χ3v) is 4.31. The van der Waals surface area contributed by atoms with Gasteiger partial charge in [-0.3, -0.25) is 0 Å². The monoisotopic (exact) mass is 333 g/mol. The molecule has 0 fully saturated rings. The van der Waals surface area contributed by atoms with Crippen LogP contribution in [0.5, 0.6) is 0 Å². The summed E-state index contributed by atoms with van der Waals surface area (Å²) in [6, 6.07) is 11.8. The summed E-state index contributed by atoms with van der Waals surface area (Å²) in [6.07, 6.45) is 0. The Bertz CT molecular complexity index is 781. The maximum atomic E-state index is 13.2. The molecule has 1 heterocycles. The van der Waals surface area contributed by atoms with Gasteiger partial charge in [-0.25, -0.2) is 4.39 Å². The summed E-state index contributed by atoms with van der Waals surface area (Å²) >= 11 is 3.50. The molecule has 0 aliphatic rings. The highest BCUT2D eigenvalue weighted by molar-refractivity contribution is 9.10. The van der Waals surface area contributed by atoms with Crippen molar-refractivity contribution in [2.75, 3.05) is 0 Å². The van der Waals surface area contributed by atoms with Gasteiger partial charge < -0.3 is 10.2 Å². The number of fused-ring (bicyclic) bond motifs is 1. The first kappa shape index (κ1) is 13.3. The van der Waals surface area contributed by atoms with Crippen molar-refractivity contribution in [3.05, 3.63) is 69.6 Å². The minimum absolute atomic E-state index is 0.281. The maximum Gasteiger partial charge on any atom is 0.134 e. The zero-order valence-electron chi connectivity index (χ0n) is 10.9. The van der Waals surface area contributed by atoms with E-state index in [4.69, 9.17) is 10.2 Å². The van der Waals surface area contributed by atoms with E-state index < -0.39 is 0 Å².